The Labute approximate surface area is 76.4 Å². The summed E-state index contributed by atoms with van der Waals surface area (Å²) in [5, 5.41) is 18.3. The number of nitrogens with zero attached hydrogens (tertiary/aromatic N) is 1. The fraction of sp³-hybridized carbons (Fsp3) is 0.571. The van der Waals surface area contributed by atoms with Gasteiger partial charge in [-0.25, -0.2) is 5.84 Å². The molecule has 0 unspecified atom stereocenters. The third kappa shape index (κ3) is 3.41. The molecule has 0 saturated carbocycles. The normalized spacial score (nSPS) is 12.3. The van der Waals surface area contributed by atoms with E-state index in [4.69, 9.17) is 21.8 Å². The molecule has 0 saturated heterocycles. The summed E-state index contributed by atoms with van der Waals surface area (Å²) in [6.07, 6.45) is 0. The molecule has 0 atom stereocenters. The van der Waals surface area contributed by atoms with Crippen LogP contribution in [0.4, 0.5) is 0 Å². The summed E-state index contributed by atoms with van der Waals surface area (Å²) in [7, 11) is 0. The van der Waals surface area contributed by atoms with Crippen LogP contribution in [0.1, 0.15) is 6.92 Å². The van der Waals surface area contributed by atoms with Crippen molar-refractivity contribution in [1.82, 2.24) is 5.01 Å². The first kappa shape index (κ1) is 11.9. The van der Waals surface area contributed by atoms with E-state index >= 15 is 0 Å². The Bertz CT molecular complexity index is 215. The molecule has 0 heterocycles. The number of hydrogen-bond donors (Lipinski definition) is 4. The highest BCUT2D eigenvalue weighted by Crippen LogP contribution is 2.03. The van der Waals surface area contributed by atoms with E-state index in [1.807, 2.05) is 0 Å². The highest BCUT2D eigenvalue weighted by atomic mass is 16.3. The van der Waals surface area contributed by atoms with Gasteiger partial charge in [-0.3, -0.25) is 4.79 Å². The molecule has 0 aliphatic heterocycles. The molecule has 0 spiro atoms. The van der Waals surface area contributed by atoms with E-state index in [9.17, 15) is 4.79 Å². The number of aliphatic hydroxyl groups is 2. The van der Waals surface area contributed by atoms with E-state index in [0.717, 1.165) is 5.01 Å². The molecule has 6 heteroatoms. The molecule has 0 aromatic carbocycles. The molecule has 0 aliphatic carbocycles. The van der Waals surface area contributed by atoms with E-state index in [-0.39, 0.29) is 30.3 Å². The Kier molecular flexibility index (Phi) is 5.05. The van der Waals surface area contributed by atoms with Crippen molar-refractivity contribution in [1.29, 1.82) is 0 Å². The molecule has 6 N–H and O–H groups in total. The maximum absolute atomic E-state index is 11.0. The fourth-order valence-corrected chi connectivity index (χ4v) is 0.907. The second-order valence-corrected chi connectivity index (χ2v) is 2.51. The first-order valence-corrected chi connectivity index (χ1v) is 3.78. The van der Waals surface area contributed by atoms with Gasteiger partial charge >= 0.3 is 0 Å². The molecule has 76 valence electrons. The zero-order chi connectivity index (χ0) is 10.4. The number of hydrogen-bond acceptors (Lipinski definition) is 6. The van der Waals surface area contributed by atoms with Crippen LogP contribution in [0.5, 0.6) is 0 Å². The van der Waals surface area contributed by atoms with Gasteiger partial charge in [0, 0.05) is 6.92 Å². The number of carbonyl (C=O) groups is 1. The predicted octanol–water partition coefficient (Wildman–Crippen LogP) is -2.09. The van der Waals surface area contributed by atoms with Crippen molar-refractivity contribution in [2.75, 3.05) is 19.8 Å². The topological polar surface area (TPSA) is 113 Å². The minimum atomic E-state index is -0.436. The van der Waals surface area contributed by atoms with E-state index in [1.165, 1.54) is 6.92 Å². The Hall–Kier alpha value is -1.11. The number of rotatable bonds is 5. The van der Waals surface area contributed by atoms with Gasteiger partial charge in [-0.1, -0.05) is 0 Å². The summed E-state index contributed by atoms with van der Waals surface area (Å²) in [5.41, 5.74) is 5.40. The second kappa shape index (κ2) is 5.52. The Balaban J connectivity index is 4.71. The predicted molar refractivity (Wildman–Crippen MR) is 47.0 cm³/mol. The molecule has 0 aromatic rings. The number of hydrazine groups is 1. The van der Waals surface area contributed by atoms with Crippen LogP contribution in [0.3, 0.4) is 0 Å². The zero-order valence-electron chi connectivity index (χ0n) is 7.53. The molecule has 0 rings (SSSR count). The molecule has 0 bridgehead atoms. The highest BCUT2D eigenvalue weighted by molar-refractivity contribution is 5.93. The summed E-state index contributed by atoms with van der Waals surface area (Å²) in [6.45, 7) is 0.755. The van der Waals surface area contributed by atoms with Gasteiger partial charge < -0.3 is 21.0 Å². The van der Waals surface area contributed by atoms with E-state index in [1.54, 1.807) is 0 Å². The molecule has 6 nitrogen and oxygen atoms in total. The van der Waals surface area contributed by atoms with Gasteiger partial charge in [0.1, 0.15) is 5.70 Å². The first-order chi connectivity index (χ1) is 6.04. The molecule has 0 aliphatic rings. The van der Waals surface area contributed by atoms with Crippen LogP contribution in [-0.4, -0.2) is 40.8 Å². The van der Waals surface area contributed by atoms with Crippen LogP contribution in [-0.2, 0) is 4.79 Å². The van der Waals surface area contributed by atoms with Crippen molar-refractivity contribution in [2.45, 2.75) is 6.92 Å². The third-order valence-electron chi connectivity index (χ3n) is 1.44. The van der Waals surface area contributed by atoms with Gasteiger partial charge in [0.15, 0.2) is 5.78 Å². The SMILES string of the molecule is CC(=O)/C(=C(/N)CO)N(N)CCO. The van der Waals surface area contributed by atoms with E-state index in [2.05, 4.69) is 0 Å². The first-order valence-electron chi connectivity index (χ1n) is 3.78. The number of allylic oxidation sites excluding steroid dienone is 1. The van der Waals surface area contributed by atoms with Gasteiger partial charge in [0.2, 0.25) is 0 Å². The van der Waals surface area contributed by atoms with Crippen molar-refractivity contribution in [3.63, 3.8) is 0 Å². The van der Waals surface area contributed by atoms with Crippen LogP contribution in [0.2, 0.25) is 0 Å². The summed E-state index contributed by atoms with van der Waals surface area (Å²) in [5.74, 6) is 5.06. The van der Waals surface area contributed by atoms with E-state index < -0.39 is 6.61 Å². The molecular formula is C7H15N3O3. The quantitative estimate of drug-likeness (QED) is 0.224. The van der Waals surface area contributed by atoms with Gasteiger partial charge in [-0.15, -0.1) is 0 Å². The van der Waals surface area contributed by atoms with Crippen LogP contribution >= 0.6 is 0 Å². The zero-order valence-corrected chi connectivity index (χ0v) is 7.53. The summed E-state index contributed by atoms with van der Waals surface area (Å²) in [6, 6.07) is 0. The van der Waals surface area contributed by atoms with Gasteiger partial charge in [0.05, 0.1) is 25.5 Å². The molecule has 13 heavy (non-hydrogen) atoms. The summed E-state index contributed by atoms with van der Waals surface area (Å²) in [4.78, 5) is 11.0. The number of Topliss-reactive ketones (excluding diaryl/α,β-unsaturated/α-hetero) is 1. The molecule has 0 radical (unpaired) electrons. The summed E-state index contributed by atoms with van der Waals surface area (Å²) >= 11 is 0. The molecular weight excluding hydrogens is 174 g/mol. The monoisotopic (exact) mass is 189 g/mol. The summed E-state index contributed by atoms with van der Waals surface area (Å²) < 4.78 is 0. The largest absolute Gasteiger partial charge is 0.398 e. The Morgan fingerprint density at radius 1 is 1.46 bits per heavy atom. The van der Waals surface area contributed by atoms with Crippen LogP contribution < -0.4 is 11.6 Å². The minimum Gasteiger partial charge on any atom is -0.398 e. The van der Waals surface area contributed by atoms with Crippen LogP contribution in [0, 0.1) is 0 Å². The maximum Gasteiger partial charge on any atom is 0.179 e. The minimum absolute atomic E-state index is 0.00319. The van der Waals surface area contributed by atoms with Gasteiger partial charge in [-0.2, -0.15) is 0 Å². The van der Waals surface area contributed by atoms with Crippen LogP contribution in [0.15, 0.2) is 11.4 Å². The average Bonchev–Trinajstić information content (AvgIpc) is 2.04. The number of nitrogens with two attached hydrogens (primary N) is 2. The third-order valence-corrected chi connectivity index (χ3v) is 1.44. The van der Waals surface area contributed by atoms with Crippen molar-refractivity contribution >= 4 is 5.78 Å². The number of aliphatic hydroxyl groups excluding tert-OH is 2. The number of carbonyl (C=O) groups excluding carboxylic acids is 1. The lowest BCUT2D eigenvalue weighted by molar-refractivity contribution is -0.115. The molecule has 0 aromatic heterocycles. The van der Waals surface area contributed by atoms with Crippen LogP contribution in [0.25, 0.3) is 0 Å². The Morgan fingerprint density at radius 3 is 2.31 bits per heavy atom. The average molecular weight is 189 g/mol. The van der Waals surface area contributed by atoms with Crippen molar-refractivity contribution < 1.29 is 15.0 Å². The lowest BCUT2D eigenvalue weighted by atomic mass is 10.2. The maximum atomic E-state index is 11.0. The standard InChI is InChI=1S/C7H15N3O3/c1-5(13)7(6(8)4-12)10(9)2-3-11/h11-12H,2-4,8-9H2,1H3/b7-6-. The lowest BCUT2D eigenvalue weighted by Gasteiger charge is -2.20. The van der Waals surface area contributed by atoms with E-state index in [0.29, 0.717) is 0 Å². The van der Waals surface area contributed by atoms with Crippen molar-refractivity contribution in [3.8, 4) is 0 Å². The molecule has 0 fully saturated rings. The van der Waals surface area contributed by atoms with Crippen molar-refractivity contribution in [3.05, 3.63) is 11.4 Å². The van der Waals surface area contributed by atoms with Crippen molar-refractivity contribution in [2.24, 2.45) is 11.6 Å². The lowest BCUT2D eigenvalue weighted by Crippen LogP contribution is -2.38. The van der Waals surface area contributed by atoms with Gasteiger partial charge in [-0.05, 0) is 0 Å². The molecule has 0 amide bonds. The number of ketones is 1. The Morgan fingerprint density at radius 2 is 2.00 bits per heavy atom. The fourth-order valence-electron chi connectivity index (χ4n) is 0.907. The highest BCUT2D eigenvalue weighted by Gasteiger charge is 2.13. The smallest absolute Gasteiger partial charge is 0.179 e. The van der Waals surface area contributed by atoms with Gasteiger partial charge in [0.25, 0.3) is 0 Å². The second-order valence-electron chi connectivity index (χ2n) is 2.51.